The molecule has 0 aliphatic carbocycles. The average Bonchev–Trinajstić information content (AvgIpc) is 2.37. The monoisotopic (exact) mass is 270 g/mol. The lowest BCUT2D eigenvalue weighted by Gasteiger charge is -2.22. The Morgan fingerprint density at radius 3 is 2.33 bits per heavy atom. The van der Waals surface area contributed by atoms with Crippen LogP contribution in [0.3, 0.4) is 0 Å². The summed E-state index contributed by atoms with van der Waals surface area (Å²) in [4.78, 5) is 0.0628. The van der Waals surface area contributed by atoms with Crippen LogP contribution >= 0.6 is 0 Å². The number of rotatable bonds is 3. The molecule has 0 aromatic heterocycles. The van der Waals surface area contributed by atoms with E-state index < -0.39 is 10.0 Å². The van der Waals surface area contributed by atoms with Crippen LogP contribution in [0, 0.1) is 0 Å². The van der Waals surface area contributed by atoms with Crippen LogP contribution in [-0.2, 0) is 14.8 Å². The van der Waals surface area contributed by atoms with E-state index in [0.717, 1.165) is 0 Å². The zero-order valence-corrected chi connectivity index (χ0v) is 10.5. The van der Waals surface area contributed by atoms with Gasteiger partial charge in [-0.15, -0.1) is 5.11 Å². The number of nitrogens with zero attached hydrogens (tertiary/aromatic N) is 3. The van der Waals surface area contributed by atoms with Crippen LogP contribution in [0.1, 0.15) is 0 Å². The van der Waals surface area contributed by atoms with Gasteiger partial charge in [-0.05, 0) is 24.3 Å². The molecule has 1 heterocycles. The van der Waals surface area contributed by atoms with E-state index in [4.69, 9.17) is 9.88 Å². The summed E-state index contributed by atoms with van der Waals surface area (Å²) in [6, 6.07) is 5.93. The predicted molar refractivity (Wildman–Crippen MR) is 64.7 cm³/mol. The van der Waals surface area contributed by atoms with Crippen LogP contribution in [0.25, 0.3) is 0 Å². The Kier molecular flexibility index (Phi) is 3.90. The first-order chi connectivity index (χ1) is 8.55. The summed E-state index contributed by atoms with van der Waals surface area (Å²) in [7, 11) is -3.65. The fourth-order valence-electron chi connectivity index (χ4n) is 1.46. The van der Waals surface area contributed by atoms with E-state index in [-0.39, 0.29) is 4.90 Å². The molecule has 7 nitrogen and oxygen atoms in total. The van der Waals surface area contributed by atoms with Gasteiger partial charge in [-0.25, -0.2) is 13.6 Å². The van der Waals surface area contributed by atoms with Gasteiger partial charge in [0.05, 0.1) is 36.9 Å². The second-order valence-electron chi connectivity index (χ2n) is 3.79. The minimum atomic E-state index is -3.65. The molecule has 1 aliphatic heterocycles. The number of nitrogens with two attached hydrogens (primary N) is 1. The molecular formula is C10H14N4O3S. The molecule has 1 fully saturated rings. The number of ether oxygens (including phenoxy) is 1. The molecule has 98 valence electrons. The van der Waals surface area contributed by atoms with E-state index in [2.05, 4.69) is 10.3 Å². The maximum absolute atomic E-state index is 11.1. The van der Waals surface area contributed by atoms with E-state index in [9.17, 15) is 8.42 Å². The van der Waals surface area contributed by atoms with Gasteiger partial charge in [-0.3, -0.25) is 5.01 Å². The topological polar surface area (TPSA) is 97.4 Å². The summed E-state index contributed by atoms with van der Waals surface area (Å²) in [5.74, 6) is 0. The summed E-state index contributed by atoms with van der Waals surface area (Å²) in [5.41, 5.74) is 0.578. The number of primary sulfonamides is 1. The molecule has 1 aliphatic rings. The van der Waals surface area contributed by atoms with Crippen LogP contribution < -0.4 is 5.14 Å². The van der Waals surface area contributed by atoms with Crippen molar-refractivity contribution in [3.8, 4) is 0 Å². The lowest BCUT2D eigenvalue weighted by atomic mass is 10.3. The third-order valence-electron chi connectivity index (χ3n) is 2.44. The first-order valence-corrected chi connectivity index (χ1v) is 6.97. The number of benzene rings is 1. The van der Waals surface area contributed by atoms with E-state index in [1.165, 1.54) is 12.1 Å². The third-order valence-corrected chi connectivity index (χ3v) is 3.37. The van der Waals surface area contributed by atoms with Gasteiger partial charge in [0, 0.05) is 0 Å². The molecule has 0 unspecified atom stereocenters. The van der Waals surface area contributed by atoms with Crippen LogP contribution in [0.15, 0.2) is 39.5 Å². The minimum absolute atomic E-state index is 0.0628. The molecular weight excluding hydrogens is 256 g/mol. The second kappa shape index (κ2) is 5.42. The minimum Gasteiger partial charge on any atom is -0.378 e. The van der Waals surface area contributed by atoms with Crippen molar-refractivity contribution in [2.45, 2.75) is 4.90 Å². The fraction of sp³-hybridized carbons (Fsp3) is 0.400. The van der Waals surface area contributed by atoms with Gasteiger partial charge in [-0.1, -0.05) is 5.22 Å². The molecule has 0 atom stereocenters. The third kappa shape index (κ3) is 3.49. The van der Waals surface area contributed by atoms with Crippen molar-refractivity contribution in [1.82, 2.24) is 5.01 Å². The zero-order valence-electron chi connectivity index (χ0n) is 9.69. The molecule has 18 heavy (non-hydrogen) atoms. The molecule has 8 heteroatoms. The number of hydrogen-bond acceptors (Lipinski definition) is 5. The maximum Gasteiger partial charge on any atom is 0.238 e. The summed E-state index contributed by atoms with van der Waals surface area (Å²) in [5, 5.41) is 14.9. The van der Waals surface area contributed by atoms with Crippen molar-refractivity contribution >= 4 is 15.7 Å². The summed E-state index contributed by atoms with van der Waals surface area (Å²) in [6.45, 7) is 2.70. The first kappa shape index (κ1) is 12.9. The Hall–Kier alpha value is -1.51. The van der Waals surface area contributed by atoms with Crippen molar-refractivity contribution in [3.63, 3.8) is 0 Å². The van der Waals surface area contributed by atoms with E-state index in [1.807, 2.05) is 0 Å². The number of hydrogen-bond donors (Lipinski definition) is 1. The van der Waals surface area contributed by atoms with Gasteiger partial charge in [0.25, 0.3) is 0 Å². The van der Waals surface area contributed by atoms with Crippen molar-refractivity contribution < 1.29 is 13.2 Å². The molecule has 0 bridgehead atoms. The Bertz CT molecular complexity index is 521. The number of sulfonamides is 1. The van der Waals surface area contributed by atoms with Gasteiger partial charge in [-0.2, -0.15) is 0 Å². The average molecular weight is 270 g/mol. The van der Waals surface area contributed by atoms with Gasteiger partial charge < -0.3 is 4.74 Å². The predicted octanol–water partition coefficient (Wildman–Crippen LogP) is 0.665. The summed E-state index contributed by atoms with van der Waals surface area (Å²) >= 11 is 0. The summed E-state index contributed by atoms with van der Waals surface area (Å²) < 4.78 is 27.3. The Balaban J connectivity index is 2.03. The van der Waals surface area contributed by atoms with Crippen LogP contribution in [0.4, 0.5) is 5.69 Å². The Morgan fingerprint density at radius 2 is 1.78 bits per heavy atom. The van der Waals surface area contributed by atoms with Gasteiger partial charge >= 0.3 is 0 Å². The van der Waals surface area contributed by atoms with Crippen LogP contribution in [0.2, 0.25) is 0 Å². The molecule has 2 N–H and O–H groups in total. The first-order valence-electron chi connectivity index (χ1n) is 5.43. The van der Waals surface area contributed by atoms with Crippen LogP contribution in [0.5, 0.6) is 0 Å². The zero-order chi connectivity index (χ0) is 13.0. The van der Waals surface area contributed by atoms with E-state index in [0.29, 0.717) is 32.0 Å². The quantitative estimate of drug-likeness (QED) is 0.816. The lowest BCUT2D eigenvalue weighted by Crippen LogP contribution is -2.31. The molecule has 1 saturated heterocycles. The highest BCUT2D eigenvalue weighted by Gasteiger charge is 2.08. The lowest BCUT2D eigenvalue weighted by molar-refractivity contribution is 0.0353. The van der Waals surface area contributed by atoms with Crippen molar-refractivity contribution in [2.24, 2.45) is 15.5 Å². The normalized spacial score (nSPS) is 17.3. The number of morpholine rings is 1. The standard InChI is InChI=1S/C10H14N4O3S/c11-18(15,16)10-3-1-9(2-4-10)12-13-14-5-7-17-8-6-14/h1-4H,5-8H2,(H2,11,15,16). The molecule has 0 radical (unpaired) electrons. The molecule has 0 amide bonds. The van der Waals surface area contributed by atoms with Crippen LogP contribution in [-0.4, -0.2) is 39.7 Å². The smallest absolute Gasteiger partial charge is 0.238 e. The highest BCUT2D eigenvalue weighted by Crippen LogP contribution is 2.16. The molecule has 2 rings (SSSR count). The van der Waals surface area contributed by atoms with E-state index >= 15 is 0 Å². The molecule has 0 saturated carbocycles. The summed E-state index contributed by atoms with van der Waals surface area (Å²) in [6.07, 6.45) is 0. The molecule has 0 spiro atoms. The Morgan fingerprint density at radius 1 is 1.17 bits per heavy atom. The van der Waals surface area contributed by atoms with E-state index in [1.54, 1.807) is 17.1 Å². The largest absolute Gasteiger partial charge is 0.378 e. The Labute approximate surface area is 105 Å². The van der Waals surface area contributed by atoms with Crippen molar-refractivity contribution in [2.75, 3.05) is 26.3 Å². The highest BCUT2D eigenvalue weighted by molar-refractivity contribution is 7.89. The van der Waals surface area contributed by atoms with Gasteiger partial charge in [0.2, 0.25) is 10.0 Å². The van der Waals surface area contributed by atoms with Gasteiger partial charge in [0.15, 0.2) is 0 Å². The molecule has 1 aromatic carbocycles. The maximum atomic E-state index is 11.1. The second-order valence-corrected chi connectivity index (χ2v) is 5.36. The van der Waals surface area contributed by atoms with Crippen molar-refractivity contribution in [3.05, 3.63) is 24.3 Å². The van der Waals surface area contributed by atoms with Gasteiger partial charge in [0.1, 0.15) is 0 Å². The SMILES string of the molecule is NS(=O)(=O)c1ccc(N=NN2CCOCC2)cc1. The van der Waals surface area contributed by atoms with Crippen molar-refractivity contribution in [1.29, 1.82) is 0 Å². The molecule has 1 aromatic rings. The highest BCUT2D eigenvalue weighted by atomic mass is 32.2. The fourth-order valence-corrected chi connectivity index (χ4v) is 1.98.